The molecule has 1 aromatic carbocycles. The van der Waals surface area contributed by atoms with Gasteiger partial charge in [0.05, 0.1) is 44.4 Å². The molecule has 1 aromatic rings. The van der Waals surface area contributed by atoms with E-state index in [1.165, 1.54) is 7.11 Å². The largest absolute Gasteiger partial charge is 0.497 e. The van der Waals surface area contributed by atoms with Crippen LogP contribution in [0.2, 0.25) is 0 Å². The van der Waals surface area contributed by atoms with Crippen LogP contribution in [0.3, 0.4) is 0 Å². The Hall–Kier alpha value is -3.22. The van der Waals surface area contributed by atoms with E-state index >= 15 is 0 Å². The van der Waals surface area contributed by atoms with Crippen LogP contribution < -0.4 is 9.47 Å². The fourth-order valence-corrected chi connectivity index (χ4v) is 4.87. The summed E-state index contributed by atoms with van der Waals surface area (Å²) in [5.41, 5.74) is 4.60. The number of fused-ring (bicyclic) bond motifs is 6. The van der Waals surface area contributed by atoms with Crippen LogP contribution in [0.25, 0.3) is 22.2 Å². The molecule has 3 atom stereocenters. The van der Waals surface area contributed by atoms with Gasteiger partial charge >= 0.3 is 5.97 Å². The minimum atomic E-state index is -0.326. The highest BCUT2D eigenvalue weighted by Gasteiger charge is 2.42. The Morgan fingerprint density at radius 2 is 1.97 bits per heavy atom. The molecule has 7 nitrogen and oxygen atoms in total. The predicted octanol–water partition coefficient (Wildman–Crippen LogP) is 3.42. The maximum absolute atomic E-state index is 12.4. The minimum absolute atomic E-state index is 0.0277. The van der Waals surface area contributed by atoms with Crippen molar-refractivity contribution in [2.24, 2.45) is 11.8 Å². The number of rotatable bonds is 3. The van der Waals surface area contributed by atoms with Crippen LogP contribution in [0.5, 0.6) is 11.5 Å². The Labute approximate surface area is 174 Å². The van der Waals surface area contributed by atoms with E-state index in [2.05, 4.69) is 23.8 Å². The van der Waals surface area contributed by atoms with E-state index in [9.17, 15) is 4.79 Å². The fourth-order valence-electron chi connectivity index (χ4n) is 4.87. The molecule has 4 heterocycles. The lowest BCUT2D eigenvalue weighted by Crippen LogP contribution is -2.42. The molecule has 0 spiro atoms. The maximum atomic E-state index is 12.4. The van der Waals surface area contributed by atoms with Crippen molar-refractivity contribution in [2.75, 3.05) is 21.3 Å². The molecule has 0 aromatic heterocycles. The van der Waals surface area contributed by atoms with Crippen molar-refractivity contribution in [3.8, 4) is 22.8 Å². The number of benzene rings is 1. The highest BCUT2D eigenvalue weighted by atomic mass is 16.5. The van der Waals surface area contributed by atoms with Crippen molar-refractivity contribution < 1.29 is 23.7 Å². The van der Waals surface area contributed by atoms with Crippen molar-refractivity contribution in [1.29, 1.82) is 0 Å². The van der Waals surface area contributed by atoms with Crippen molar-refractivity contribution >= 4 is 16.9 Å². The molecular formula is C23H24N2O5. The van der Waals surface area contributed by atoms with Crippen LogP contribution in [-0.2, 0) is 27.2 Å². The second kappa shape index (κ2) is 6.93. The molecule has 0 bridgehead atoms. The van der Waals surface area contributed by atoms with Crippen molar-refractivity contribution in [1.82, 2.24) is 9.55 Å². The Morgan fingerprint density at radius 3 is 2.70 bits per heavy atom. The first-order valence-electron chi connectivity index (χ1n) is 10.0. The lowest BCUT2D eigenvalue weighted by Gasteiger charge is -2.41. The summed E-state index contributed by atoms with van der Waals surface area (Å²) in [5, 5.41) is 1.03. The monoisotopic (exact) mass is 408 g/mol. The first-order chi connectivity index (χ1) is 14.5. The summed E-state index contributed by atoms with van der Waals surface area (Å²) in [6, 6.07) is 5.99. The fraction of sp³-hybridized carbons (Fsp3) is 0.391. The number of esters is 1. The molecule has 30 heavy (non-hydrogen) atoms. The summed E-state index contributed by atoms with van der Waals surface area (Å²) in [6.45, 7) is 2.82. The zero-order valence-corrected chi connectivity index (χ0v) is 17.5. The van der Waals surface area contributed by atoms with Crippen molar-refractivity contribution in [2.45, 2.75) is 26.0 Å². The molecule has 3 unspecified atom stereocenters. The van der Waals surface area contributed by atoms with Crippen LogP contribution in [0.15, 0.2) is 36.2 Å². The lowest BCUT2D eigenvalue weighted by atomic mass is 9.75. The zero-order chi connectivity index (χ0) is 21.0. The third kappa shape index (κ3) is 2.65. The van der Waals surface area contributed by atoms with Crippen LogP contribution in [0.1, 0.15) is 12.6 Å². The zero-order valence-electron chi connectivity index (χ0n) is 17.5. The molecular weight excluding hydrogens is 384 g/mol. The van der Waals surface area contributed by atoms with Gasteiger partial charge in [-0.3, -0.25) is 0 Å². The number of ether oxygens (including phenoxy) is 4. The minimum Gasteiger partial charge on any atom is -0.497 e. The quantitative estimate of drug-likeness (QED) is 0.619. The Bertz CT molecular complexity index is 1150. The van der Waals surface area contributed by atoms with Gasteiger partial charge < -0.3 is 23.5 Å². The third-order valence-electron chi connectivity index (χ3n) is 6.49. The highest BCUT2D eigenvalue weighted by molar-refractivity contribution is 5.99. The Kier molecular flexibility index (Phi) is 4.34. The van der Waals surface area contributed by atoms with Crippen LogP contribution in [-0.4, -0.2) is 43.0 Å². The molecule has 0 saturated carbocycles. The number of carbonyl (C=O) groups excluding carboxylic acids is 1. The molecule has 4 aliphatic heterocycles. The molecule has 156 valence electrons. The van der Waals surface area contributed by atoms with Gasteiger partial charge in [-0.15, -0.1) is 0 Å². The predicted molar refractivity (Wildman–Crippen MR) is 111 cm³/mol. The van der Waals surface area contributed by atoms with Gasteiger partial charge in [0, 0.05) is 47.3 Å². The first-order valence-corrected chi connectivity index (χ1v) is 10.0. The van der Waals surface area contributed by atoms with E-state index in [1.807, 2.05) is 12.1 Å². The van der Waals surface area contributed by atoms with Crippen LogP contribution in [0.4, 0.5) is 0 Å². The van der Waals surface area contributed by atoms with E-state index in [0.29, 0.717) is 23.5 Å². The van der Waals surface area contributed by atoms with Gasteiger partial charge in [0.2, 0.25) is 0 Å². The van der Waals surface area contributed by atoms with Gasteiger partial charge in [-0.05, 0) is 25.5 Å². The smallest absolute Gasteiger partial charge is 0.337 e. The molecule has 0 amide bonds. The van der Waals surface area contributed by atoms with E-state index < -0.39 is 0 Å². The highest BCUT2D eigenvalue weighted by Crippen LogP contribution is 2.44. The standard InChI is InChI=1S/C23H24N2O5/c1-12-16-10-25-6-5-13-15-8-20(27-2)21(28-3)9-18(15)24-22(13)19(25)7-14(16)17(11-30-12)23(26)29-4/h5-6,8-9,11-12,14,16H,7,10H2,1-4H3. The Balaban J connectivity index is 1.65. The van der Waals surface area contributed by atoms with Gasteiger partial charge in [0.25, 0.3) is 0 Å². The molecule has 7 heteroatoms. The van der Waals surface area contributed by atoms with Gasteiger partial charge in [-0.1, -0.05) is 0 Å². The maximum Gasteiger partial charge on any atom is 0.337 e. The molecule has 0 fully saturated rings. The van der Waals surface area contributed by atoms with Crippen LogP contribution >= 0.6 is 0 Å². The average Bonchev–Trinajstić information content (AvgIpc) is 3.14. The number of aromatic nitrogens is 2. The third-order valence-corrected chi connectivity index (χ3v) is 6.49. The average molecular weight is 408 g/mol. The molecule has 0 saturated heterocycles. The summed E-state index contributed by atoms with van der Waals surface area (Å²) < 4.78 is 23.9. The van der Waals surface area contributed by atoms with Crippen molar-refractivity contribution in [3.05, 3.63) is 41.9 Å². The lowest BCUT2D eigenvalue weighted by molar-refractivity contribution is -0.138. The van der Waals surface area contributed by atoms with Crippen LogP contribution in [0, 0.1) is 11.8 Å². The molecule has 4 aliphatic rings. The summed E-state index contributed by atoms with van der Waals surface area (Å²) >= 11 is 0. The molecule has 5 rings (SSSR count). The van der Waals surface area contributed by atoms with E-state index in [0.717, 1.165) is 34.4 Å². The number of nitrogens with zero attached hydrogens (tertiary/aromatic N) is 2. The van der Waals surface area contributed by atoms with E-state index in [-0.39, 0.29) is 23.9 Å². The van der Waals surface area contributed by atoms with E-state index in [1.54, 1.807) is 20.5 Å². The second-order valence-corrected chi connectivity index (χ2v) is 7.89. The summed E-state index contributed by atoms with van der Waals surface area (Å²) in [6.07, 6.45) is 4.42. The molecule has 0 aliphatic carbocycles. The number of methoxy groups -OCH3 is 3. The van der Waals surface area contributed by atoms with E-state index in [4.69, 9.17) is 23.9 Å². The summed E-state index contributed by atoms with van der Waals surface area (Å²) in [4.78, 5) is 17.3. The Morgan fingerprint density at radius 1 is 1.20 bits per heavy atom. The summed E-state index contributed by atoms with van der Waals surface area (Å²) in [5.74, 6) is 1.24. The molecule has 0 radical (unpaired) electrons. The number of hydrogen-bond donors (Lipinski definition) is 0. The first kappa shape index (κ1) is 18.8. The second-order valence-electron chi connectivity index (χ2n) is 7.89. The van der Waals surface area contributed by atoms with Gasteiger partial charge in [-0.2, -0.15) is 0 Å². The van der Waals surface area contributed by atoms with Gasteiger partial charge in [0.1, 0.15) is 6.10 Å². The number of hydrogen-bond acceptors (Lipinski definition) is 6. The van der Waals surface area contributed by atoms with Gasteiger partial charge in [-0.25, -0.2) is 9.78 Å². The topological polar surface area (TPSA) is 71.8 Å². The SMILES string of the molecule is COC(=O)C1=COC(C)C2Cn3ccc4c5cc(OC)c(OC)cc5nc-4c3CC12. The van der Waals surface area contributed by atoms with Crippen molar-refractivity contribution in [3.63, 3.8) is 0 Å². The molecule has 0 N–H and O–H groups in total. The summed E-state index contributed by atoms with van der Waals surface area (Å²) in [7, 11) is 4.66. The number of pyridine rings is 1. The number of carbonyl (C=O) groups is 1. The normalized spacial score (nSPS) is 22.7. The van der Waals surface area contributed by atoms with Gasteiger partial charge in [0.15, 0.2) is 11.5 Å².